The molecule has 2 rings (SSSR count). The van der Waals surface area contributed by atoms with Gasteiger partial charge in [-0.05, 0) is 51.0 Å². The van der Waals surface area contributed by atoms with Crippen LogP contribution in [0.15, 0.2) is 46.4 Å². The van der Waals surface area contributed by atoms with E-state index < -0.39 is 41.9 Å². The summed E-state index contributed by atoms with van der Waals surface area (Å²) in [6, 6.07) is 0. The Labute approximate surface area is 219 Å². The van der Waals surface area contributed by atoms with E-state index in [9.17, 15) is 24.6 Å². The molecule has 0 aromatic carbocycles. The van der Waals surface area contributed by atoms with Crippen molar-refractivity contribution in [3.05, 3.63) is 46.4 Å². The second-order valence-electron chi connectivity index (χ2n) is 9.98. The third kappa shape index (κ3) is 7.70. The van der Waals surface area contributed by atoms with Crippen LogP contribution in [0.1, 0.15) is 53.4 Å². The molecule has 9 heteroatoms. The van der Waals surface area contributed by atoms with Crippen molar-refractivity contribution >= 4 is 17.5 Å². The Morgan fingerprint density at radius 1 is 1.00 bits per heavy atom. The highest BCUT2D eigenvalue weighted by atomic mass is 16.5. The van der Waals surface area contributed by atoms with Gasteiger partial charge in [-0.1, -0.05) is 26.0 Å². The molecule has 0 spiro atoms. The molecule has 0 saturated heterocycles. The number of amides is 1. The molecule has 3 N–H and O–H groups in total. The molecule has 0 unspecified atom stereocenters. The maximum absolute atomic E-state index is 13.3. The fraction of sp³-hybridized carbons (Fsp3) is 0.607. The quantitative estimate of drug-likeness (QED) is 0.383. The van der Waals surface area contributed by atoms with E-state index in [4.69, 9.17) is 14.2 Å². The number of hydrogen-bond acceptors (Lipinski definition) is 8. The van der Waals surface area contributed by atoms with Gasteiger partial charge >= 0.3 is 0 Å². The highest BCUT2D eigenvalue weighted by molar-refractivity contribution is 6.23. The minimum atomic E-state index is -0.892. The highest BCUT2D eigenvalue weighted by Gasteiger charge is 2.33. The van der Waals surface area contributed by atoms with Crippen LogP contribution in [0.2, 0.25) is 0 Å². The third-order valence-electron chi connectivity index (χ3n) is 7.06. The summed E-state index contributed by atoms with van der Waals surface area (Å²) >= 11 is 0. The van der Waals surface area contributed by atoms with Gasteiger partial charge in [-0.3, -0.25) is 14.4 Å². The summed E-state index contributed by atoms with van der Waals surface area (Å²) in [5, 5.41) is 24.5. The van der Waals surface area contributed by atoms with Crippen molar-refractivity contribution in [2.75, 3.05) is 21.3 Å². The molecular formula is C28H41NO8. The van der Waals surface area contributed by atoms with Crippen LogP contribution in [0.5, 0.6) is 0 Å². The number of ether oxygens (including phenoxy) is 3. The average molecular weight is 520 g/mol. The Kier molecular flexibility index (Phi) is 11.4. The summed E-state index contributed by atoms with van der Waals surface area (Å²) in [6.07, 6.45) is 3.21. The van der Waals surface area contributed by atoms with Gasteiger partial charge in [0.25, 0.3) is 5.91 Å². The lowest BCUT2D eigenvalue weighted by Gasteiger charge is -2.29. The van der Waals surface area contributed by atoms with Crippen molar-refractivity contribution in [3.63, 3.8) is 0 Å². The van der Waals surface area contributed by atoms with Crippen molar-refractivity contribution in [1.29, 1.82) is 0 Å². The Hall–Kier alpha value is -2.59. The van der Waals surface area contributed by atoms with Crippen LogP contribution in [0.3, 0.4) is 0 Å². The minimum Gasteiger partial charge on any atom is -0.492 e. The molecule has 1 amide bonds. The van der Waals surface area contributed by atoms with E-state index in [0.29, 0.717) is 30.4 Å². The Bertz CT molecular complexity index is 992. The summed E-state index contributed by atoms with van der Waals surface area (Å²) in [4.78, 5) is 38.8. The Morgan fingerprint density at radius 2 is 1.65 bits per heavy atom. The smallest absolute Gasteiger partial charge is 0.251 e. The number of rotatable bonds is 3. The minimum absolute atomic E-state index is 0.0472. The predicted molar refractivity (Wildman–Crippen MR) is 138 cm³/mol. The van der Waals surface area contributed by atoms with E-state index in [-0.39, 0.29) is 35.3 Å². The lowest BCUT2D eigenvalue weighted by atomic mass is 9.85. The van der Waals surface area contributed by atoms with Crippen LogP contribution >= 0.6 is 0 Å². The predicted octanol–water partition coefficient (Wildman–Crippen LogP) is 2.53. The number of Topliss-reactive ketones (excluding diaryl/α,β-unsaturated/α-hetero) is 1. The van der Waals surface area contributed by atoms with E-state index in [0.717, 1.165) is 6.08 Å². The lowest BCUT2D eigenvalue weighted by Crippen LogP contribution is -2.36. The number of aliphatic hydroxyl groups is 2. The molecule has 2 bridgehead atoms. The zero-order valence-corrected chi connectivity index (χ0v) is 22.9. The maximum Gasteiger partial charge on any atom is 0.251 e. The normalized spacial score (nSPS) is 34.2. The monoisotopic (exact) mass is 519 g/mol. The van der Waals surface area contributed by atoms with Crippen molar-refractivity contribution in [3.8, 4) is 0 Å². The molecule has 2 aliphatic rings. The van der Waals surface area contributed by atoms with Crippen LogP contribution in [0.4, 0.5) is 0 Å². The standard InChI is InChI=1S/C28H41NO8/c1-15-11-19-26(33)20(14-21(30)27(19)37-7)29-28(34)16(2)9-8-10-22(35-5)24(31)17(3)13-18(4)25(32)23(12-15)36-6/h9,13-15,18,22-25,31-32H,8,10-12H2,1-7H3,(H,29,34)/b16-9+,17-13+/t15-,18+,22+,23+,24+,25-/m1/s1. The molecule has 1 aliphatic heterocycles. The first-order chi connectivity index (χ1) is 17.4. The zero-order valence-electron chi connectivity index (χ0n) is 22.9. The van der Waals surface area contributed by atoms with Crippen molar-refractivity contribution < 1.29 is 38.8 Å². The van der Waals surface area contributed by atoms with Crippen molar-refractivity contribution in [2.24, 2.45) is 11.8 Å². The molecule has 206 valence electrons. The van der Waals surface area contributed by atoms with E-state index in [1.807, 2.05) is 19.9 Å². The second-order valence-corrected chi connectivity index (χ2v) is 9.98. The summed E-state index contributed by atoms with van der Waals surface area (Å²) in [5.41, 5.74) is 1.10. The third-order valence-corrected chi connectivity index (χ3v) is 7.06. The van der Waals surface area contributed by atoms with Gasteiger partial charge in [0.15, 0.2) is 5.76 Å². The first kappa shape index (κ1) is 30.6. The molecule has 1 aliphatic carbocycles. The van der Waals surface area contributed by atoms with Gasteiger partial charge in [-0.25, -0.2) is 0 Å². The SMILES string of the molecule is COC1=C2C[C@@H](C)C[C@H](OC)[C@H](O)[C@@H](C)/C=C(\C)[C@H](O)[C@@H](OC)CC/C=C(\C)C(=O)NC(=CC1=O)C2=O. The molecule has 9 nitrogen and oxygen atoms in total. The molecule has 0 aromatic heterocycles. The molecule has 0 saturated carbocycles. The number of carbonyl (C=O) groups excluding carboxylic acids is 3. The van der Waals surface area contributed by atoms with E-state index in [1.165, 1.54) is 21.3 Å². The average Bonchev–Trinajstić information content (AvgIpc) is 2.86. The highest BCUT2D eigenvalue weighted by Crippen LogP contribution is 2.29. The van der Waals surface area contributed by atoms with Gasteiger partial charge < -0.3 is 29.7 Å². The van der Waals surface area contributed by atoms with Gasteiger partial charge in [0.1, 0.15) is 6.10 Å². The number of ketones is 2. The zero-order chi connectivity index (χ0) is 27.9. The summed E-state index contributed by atoms with van der Waals surface area (Å²) in [6.45, 7) is 7.14. The molecule has 0 aromatic rings. The molecule has 0 radical (unpaired) electrons. The molecule has 1 heterocycles. The lowest BCUT2D eigenvalue weighted by molar-refractivity contribution is -0.120. The van der Waals surface area contributed by atoms with Gasteiger partial charge in [0, 0.05) is 37.4 Å². The number of methoxy groups -OCH3 is 3. The van der Waals surface area contributed by atoms with E-state index in [1.54, 1.807) is 19.9 Å². The number of allylic oxidation sites excluding steroid dienone is 3. The van der Waals surface area contributed by atoms with E-state index in [2.05, 4.69) is 5.32 Å². The van der Waals surface area contributed by atoms with Gasteiger partial charge in [-0.2, -0.15) is 0 Å². The summed E-state index contributed by atoms with van der Waals surface area (Å²) in [7, 11) is 4.35. The number of nitrogens with one attached hydrogen (secondary N) is 1. The van der Waals surface area contributed by atoms with Gasteiger partial charge in [-0.15, -0.1) is 0 Å². The first-order valence-electron chi connectivity index (χ1n) is 12.6. The van der Waals surface area contributed by atoms with Crippen molar-refractivity contribution in [1.82, 2.24) is 5.32 Å². The Morgan fingerprint density at radius 3 is 2.24 bits per heavy atom. The maximum atomic E-state index is 13.3. The molecule has 0 fully saturated rings. The largest absolute Gasteiger partial charge is 0.492 e. The summed E-state index contributed by atoms with van der Waals surface area (Å²) < 4.78 is 16.3. The summed E-state index contributed by atoms with van der Waals surface area (Å²) in [5.74, 6) is -2.03. The van der Waals surface area contributed by atoms with E-state index >= 15 is 0 Å². The fourth-order valence-electron chi connectivity index (χ4n) is 4.81. The fourth-order valence-corrected chi connectivity index (χ4v) is 4.81. The number of fused-ring (bicyclic) bond motifs is 2. The van der Waals surface area contributed by atoms with Crippen LogP contribution in [0.25, 0.3) is 0 Å². The number of hydrogen-bond donors (Lipinski definition) is 3. The van der Waals surface area contributed by atoms with Gasteiger partial charge in [0.2, 0.25) is 11.6 Å². The van der Waals surface area contributed by atoms with Crippen LogP contribution in [-0.4, -0.2) is 73.4 Å². The van der Waals surface area contributed by atoms with Crippen molar-refractivity contribution in [2.45, 2.75) is 77.8 Å². The van der Waals surface area contributed by atoms with Crippen LogP contribution in [-0.2, 0) is 28.6 Å². The number of carbonyl (C=O) groups is 3. The second kappa shape index (κ2) is 13.8. The molecule has 6 atom stereocenters. The first-order valence-corrected chi connectivity index (χ1v) is 12.6. The topological polar surface area (TPSA) is 131 Å². The molecule has 37 heavy (non-hydrogen) atoms. The Balaban J connectivity index is 2.48. The molecular weight excluding hydrogens is 478 g/mol. The number of aliphatic hydroxyl groups excluding tert-OH is 2. The van der Waals surface area contributed by atoms with Crippen LogP contribution in [0, 0.1) is 11.8 Å². The van der Waals surface area contributed by atoms with Crippen LogP contribution < -0.4 is 5.32 Å². The van der Waals surface area contributed by atoms with Gasteiger partial charge in [0.05, 0.1) is 31.1 Å².